The van der Waals surface area contributed by atoms with Gasteiger partial charge in [-0.2, -0.15) is 11.8 Å². The molecule has 1 heterocycles. The van der Waals surface area contributed by atoms with Crippen molar-refractivity contribution in [1.82, 2.24) is 9.88 Å². The number of rotatable bonds is 8. The SMILES string of the molecule is O=C(Cn1c(=O)oc2ccccc21)NCCSCCCO. The average molecular weight is 310 g/mol. The van der Waals surface area contributed by atoms with Crippen molar-refractivity contribution < 1.29 is 14.3 Å². The number of oxazole rings is 1. The van der Waals surface area contributed by atoms with Crippen LogP contribution in [0.25, 0.3) is 11.1 Å². The number of aromatic nitrogens is 1. The van der Waals surface area contributed by atoms with E-state index in [2.05, 4.69) is 5.32 Å². The molecule has 7 heteroatoms. The molecule has 0 spiro atoms. The molecular weight excluding hydrogens is 292 g/mol. The first-order chi connectivity index (χ1) is 10.2. The Labute approximate surface area is 126 Å². The third kappa shape index (κ3) is 4.37. The number of hydrogen-bond donors (Lipinski definition) is 2. The van der Waals surface area contributed by atoms with Crippen LogP contribution in [0.5, 0.6) is 0 Å². The lowest BCUT2D eigenvalue weighted by Crippen LogP contribution is -2.32. The number of amides is 1. The number of thioether (sulfide) groups is 1. The van der Waals surface area contributed by atoms with Crippen LogP contribution in [0.15, 0.2) is 33.5 Å². The second kappa shape index (κ2) is 7.90. The lowest BCUT2D eigenvalue weighted by atomic mass is 10.3. The van der Waals surface area contributed by atoms with E-state index >= 15 is 0 Å². The second-order valence-corrected chi connectivity index (χ2v) is 5.69. The molecule has 2 aromatic rings. The number of carbonyl (C=O) groups is 1. The first-order valence-corrected chi connectivity index (χ1v) is 7.91. The van der Waals surface area contributed by atoms with Gasteiger partial charge in [0.1, 0.15) is 6.54 Å². The summed E-state index contributed by atoms with van der Waals surface area (Å²) in [6.07, 6.45) is 0.759. The Balaban J connectivity index is 1.84. The molecule has 2 rings (SSSR count). The molecule has 6 nitrogen and oxygen atoms in total. The predicted octanol–water partition coefficient (Wildman–Crippen LogP) is 0.826. The van der Waals surface area contributed by atoms with Crippen LogP contribution in [0.1, 0.15) is 6.42 Å². The van der Waals surface area contributed by atoms with Crippen molar-refractivity contribution in [3.05, 3.63) is 34.8 Å². The van der Waals surface area contributed by atoms with Crippen LogP contribution in [-0.4, -0.2) is 40.2 Å². The highest BCUT2D eigenvalue weighted by molar-refractivity contribution is 7.99. The van der Waals surface area contributed by atoms with E-state index in [0.29, 0.717) is 17.6 Å². The Morgan fingerprint density at radius 3 is 2.95 bits per heavy atom. The van der Waals surface area contributed by atoms with Gasteiger partial charge in [-0.05, 0) is 24.3 Å². The molecular formula is C14H18N2O4S. The van der Waals surface area contributed by atoms with Crippen LogP contribution < -0.4 is 11.1 Å². The van der Waals surface area contributed by atoms with E-state index in [0.717, 1.165) is 17.9 Å². The molecule has 1 aromatic carbocycles. The first-order valence-electron chi connectivity index (χ1n) is 6.76. The second-order valence-electron chi connectivity index (χ2n) is 4.46. The van der Waals surface area contributed by atoms with Gasteiger partial charge in [0.15, 0.2) is 5.58 Å². The fourth-order valence-corrected chi connectivity index (χ4v) is 2.68. The highest BCUT2D eigenvalue weighted by Gasteiger charge is 2.11. The lowest BCUT2D eigenvalue weighted by molar-refractivity contribution is -0.121. The van der Waals surface area contributed by atoms with Gasteiger partial charge in [-0.15, -0.1) is 0 Å². The molecule has 0 saturated carbocycles. The Bertz CT molecular complexity index is 650. The summed E-state index contributed by atoms with van der Waals surface area (Å²) in [7, 11) is 0. The van der Waals surface area contributed by atoms with Gasteiger partial charge in [0, 0.05) is 18.9 Å². The summed E-state index contributed by atoms with van der Waals surface area (Å²) in [4.78, 5) is 23.5. The Kier molecular flexibility index (Phi) is 5.89. The normalized spacial score (nSPS) is 10.9. The van der Waals surface area contributed by atoms with Crippen LogP contribution in [0, 0.1) is 0 Å². The van der Waals surface area contributed by atoms with Crippen molar-refractivity contribution >= 4 is 28.8 Å². The number of fused-ring (bicyclic) bond motifs is 1. The molecule has 0 radical (unpaired) electrons. The minimum Gasteiger partial charge on any atom is -0.408 e. The monoisotopic (exact) mass is 310 g/mol. The maximum Gasteiger partial charge on any atom is 0.420 e. The Morgan fingerprint density at radius 1 is 1.33 bits per heavy atom. The maximum absolute atomic E-state index is 11.8. The highest BCUT2D eigenvalue weighted by Crippen LogP contribution is 2.11. The minimum atomic E-state index is -0.524. The van der Waals surface area contributed by atoms with Crippen LogP contribution in [0.2, 0.25) is 0 Å². The molecule has 0 saturated heterocycles. The van der Waals surface area contributed by atoms with Gasteiger partial charge in [-0.3, -0.25) is 9.36 Å². The fourth-order valence-electron chi connectivity index (χ4n) is 1.89. The summed E-state index contributed by atoms with van der Waals surface area (Å²) in [5, 5.41) is 11.4. The number of carbonyl (C=O) groups excluding carboxylic acids is 1. The lowest BCUT2D eigenvalue weighted by Gasteiger charge is -2.05. The zero-order valence-corrected chi connectivity index (χ0v) is 12.4. The topological polar surface area (TPSA) is 84.5 Å². The van der Waals surface area contributed by atoms with Crippen LogP contribution >= 0.6 is 11.8 Å². The molecule has 0 bridgehead atoms. The minimum absolute atomic E-state index is 0.0445. The maximum atomic E-state index is 11.8. The molecule has 0 atom stereocenters. The molecule has 0 aliphatic heterocycles. The van der Waals surface area contributed by atoms with Crippen molar-refractivity contribution in [2.24, 2.45) is 0 Å². The number of hydrogen-bond acceptors (Lipinski definition) is 5. The quantitative estimate of drug-likeness (QED) is 0.705. The Morgan fingerprint density at radius 2 is 2.14 bits per heavy atom. The number of para-hydroxylation sites is 2. The smallest absolute Gasteiger partial charge is 0.408 e. The number of aliphatic hydroxyl groups excluding tert-OH is 1. The van der Waals surface area contributed by atoms with Crippen molar-refractivity contribution in [1.29, 1.82) is 0 Å². The molecule has 1 amide bonds. The van der Waals surface area contributed by atoms with Crippen molar-refractivity contribution in [2.75, 3.05) is 24.7 Å². The van der Waals surface area contributed by atoms with Crippen molar-refractivity contribution in [3.63, 3.8) is 0 Å². The average Bonchev–Trinajstić information content (AvgIpc) is 2.79. The van der Waals surface area contributed by atoms with E-state index in [1.54, 1.807) is 36.0 Å². The van der Waals surface area contributed by atoms with Gasteiger partial charge in [0.2, 0.25) is 5.91 Å². The number of aliphatic hydroxyl groups is 1. The van der Waals surface area contributed by atoms with Gasteiger partial charge in [0.25, 0.3) is 0 Å². The highest BCUT2D eigenvalue weighted by atomic mass is 32.2. The molecule has 0 unspecified atom stereocenters. The van der Waals surface area contributed by atoms with E-state index in [9.17, 15) is 9.59 Å². The van der Waals surface area contributed by atoms with Gasteiger partial charge >= 0.3 is 5.76 Å². The van der Waals surface area contributed by atoms with E-state index in [1.807, 2.05) is 0 Å². The molecule has 21 heavy (non-hydrogen) atoms. The molecule has 2 N–H and O–H groups in total. The van der Waals surface area contributed by atoms with Crippen LogP contribution in [0.4, 0.5) is 0 Å². The first kappa shape index (κ1) is 15.7. The summed E-state index contributed by atoms with van der Waals surface area (Å²) < 4.78 is 6.39. The predicted molar refractivity (Wildman–Crippen MR) is 82.5 cm³/mol. The number of nitrogens with one attached hydrogen (secondary N) is 1. The van der Waals surface area contributed by atoms with E-state index in [4.69, 9.17) is 9.52 Å². The van der Waals surface area contributed by atoms with E-state index in [1.165, 1.54) is 4.57 Å². The summed E-state index contributed by atoms with van der Waals surface area (Å²) in [5.41, 5.74) is 1.10. The summed E-state index contributed by atoms with van der Waals surface area (Å²) in [6, 6.07) is 7.02. The zero-order chi connectivity index (χ0) is 15.1. The van der Waals surface area contributed by atoms with E-state index < -0.39 is 5.76 Å². The zero-order valence-electron chi connectivity index (χ0n) is 11.6. The third-order valence-electron chi connectivity index (χ3n) is 2.89. The van der Waals surface area contributed by atoms with Crippen LogP contribution in [-0.2, 0) is 11.3 Å². The van der Waals surface area contributed by atoms with Crippen molar-refractivity contribution in [2.45, 2.75) is 13.0 Å². The fraction of sp³-hybridized carbons (Fsp3) is 0.429. The summed E-state index contributed by atoms with van der Waals surface area (Å²) >= 11 is 1.67. The third-order valence-corrected chi connectivity index (χ3v) is 3.96. The van der Waals surface area contributed by atoms with Crippen LogP contribution in [0.3, 0.4) is 0 Å². The molecule has 114 valence electrons. The van der Waals surface area contributed by atoms with Gasteiger partial charge in [0.05, 0.1) is 5.52 Å². The number of nitrogens with zero attached hydrogens (tertiary/aromatic N) is 1. The Hall–Kier alpha value is -1.73. The number of benzene rings is 1. The summed E-state index contributed by atoms with van der Waals surface area (Å²) in [6.45, 7) is 0.687. The summed E-state index contributed by atoms with van der Waals surface area (Å²) in [5.74, 6) is 0.917. The van der Waals surface area contributed by atoms with Crippen molar-refractivity contribution in [3.8, 4) is 0 Å². The molecule has 1 aromatic heterocycles. The largest absolute Gasteiger partial charge is 0.420 e. The standard InChI is InChI=1S/C14H18N2O4S/c17-7-3-8-21-9-6-15-13(18)10-16-11-4-1-2-5-12(11)20-14(16)19/h1-2,4-5,17H,3,6-10H2,(H,15,18). The van der Waals surface area contributed by atoms with Gasteiger partial charge < -0.3 is 14.8 Å². The van der Waals surface area contributed by atoms with Gasteiger partial charge in [-0.25, -0.2) is 4.79 Å². The van der Waals surface area contributed by atoms with E-state index in [-0.39, 0.29) is 19.1 Å². The van der Waals surface area contributed by atoms with Gasteiger partial charge in [-0.1, -0.05) is 12.1 Å². The molecule has 0 aliphatic rings. The molecule has 0 aliphatic carbocycles. The molecule has 0 fully saturated rings.